The normalized spacial score (nSPS) is 20.9. The van der Waals surface area contributed by atoms with Gasteiger partial charge in [-0.25, -0.2) is 0 Å². The first-order valence-electron chi connectivity index (χ1n) is 7.42. The highest BCUT2D eigenvalue weighted by atomic mass is 16.5. The van der Waals surface area contributed by atoms with Crippen LogP contribution in [0.25, 0.3) is 0 Å². The lowest BCUT2D eigenvalue weighted by Crippen LogP contribution is -2.47. The second-order valence-corrected chi connectivity index (χ2v) is 5.20. The molecule has 1 aliphatic heterocycles. The average Bonchev–Trinajstić information content (AvgIpc) is 2.46. The summed E-state index contributed by atoms with van der Waals surface area (Å²) in [6, 6.07) is 10.7. The Balaban J connectivity index is 1.83. The van der Waals surface area contributed by atoms with E-state index in [1.54, 1.807) is 0 Å². The molecule has 0 N–H and O–H groups in total. The van der Waals surface area contributed by atoms with E-state index in [1.807, 2.05) is 0 Å². The van der Waals surface area contributed by atoms with Crippen LogP contribution in [0.3, 0.4) is 0 Å². The molecule has 1 fully saturated rings. The lowest BCUT2D eigenvalue weighted by atomic mass is 10.2. The van der Waals surface area contributed by atoms with Crippen LogP contribution in [0.4, 0.5) is 0 Å². The van der Waals surface area contributed by atoms with E-state index >= 15 is 0 Å². The molecule has 0 aliphatic carbocycles. The number of nitrogens with zero attached hydrogens (tertiary/aromatic N) is 2. The summed E-state index contributed by atoms with van der Waals surface area (Å²) in [7, 11) is 0. The van der Waals surface area contributed by atoms with E-state index < -0.39 is 0 Å². The molecule has 1 heterocycles. The van der Waals surface area contributed by atoms with Gasteiger partial charge < -0.3 is 9.64 Å². The molecule has 1 aromatic carbocycles. The van der Waals surface area contributed by atoms with Crippen molar-refractivity contribution in [1.29, 1.82) is 0 Å². The third-order valence-electron chi connectivity index (χ3n) is 3.83. The Morgan fingerprint density at radius 3 is 2.63 bits per heavy atom. The minimum atomic E-state index is 0.359. The quantitative estimate of drug-likeness (QED) is 0.782. The van der Waals surface area contributed by atoms with Gasteiger partial charge in [0.2, 0.25) is 0 Å². The molecule has 0 bridgehead atoms. The molecule has 3 nitrogen and oxygen atoms in total. The predicted octanol–water partition coefficient (Wildman–Crippen LogP) is 2.23. The van der Waals surface area contributed by atoms with Crippen molar-refractivity contribution in [1.82, 2.24) is 9.80 Å². The van der Waals surface area contributed by atoms with Crippen LogP contribution in [-0.4, -0.2) is 55.2 Å². The first-order valence-corrected chi connectivity index (χ1v) is 7.42. The van der Waals surface area contributed by atoms with Gasteiger partial charge in [-0.3, -0.25) is 4.90 Å². The number of rotatable bonds is 6. The molecule has 3 heteroatoms. The van der Waals surface area contributed by atoms with Crippen molar-refractivity contribution in [3.63, 3.8) is 0 Å². The van der Waals surface area contributed by atoms with Crippen molar-refractivity contribution in [2.24, 2.45) is 0 Å². The van der Waals surface area contributed by atoms with Gasteiger partial charge in [0.1, 0.15) is 0 Å². The van der Waals surface area contributed by atoms with Gasteiger partial charge in [-0.1, -0.05) is 44.2 Å². The highest BCUT2D eigenvalue weighted by Crippen LogP contribution is 2.11. The fraction of sp³-hybridized carbons (Fsp3) is 0.625. The van der Waals surface area contributed by atoms with Gasteiger partial charge in [0, 0.05) is 26.2 Å². The summed E-state index contributed by atoms with van der Waals surface area (Å²) in [6.45, 7) is 11.7. The maximum Gasteiger partial charge on any atom is 0.0829 e. The van der Waals surface area contributed by atoms with E-state index in [4.69, 9.17) is 4.74 Å². The molecule has 1 atom stereocenters. The third kappa shape index (κ3) is 4.60. The molecule has 0 spiro atoms. The fourth-order valence-corrected chi connectivity index (χ4v) is 2.65. The minimum Gasteiger partial charge on any atom is -0.374 e. The highest BCUT2D eigenvalue weighted by Gasteiger charge is 2.21. The van der Waals surface area contributed by atoms with Crippen LogP contribution in [0.5, 0.6) is 0 Å². The highest BCUT2D eigenvalue weighted by molar-refractivity contribution is 5.14. The maximum atomic E-state index is 5.90. The Morgan fingerprint density at radius 1 is 1.21 bits per heavy atom. The van der Waals surface area contributed by atoms with Crippen LogP contribution in [-0.2, 0) is 11.3 Å². The monoisotopic (exact) mass is 262 g/mol. The van der Waals surface area contributed by atoms with E-state index in [9.17, 15) is 0 Å². The second kappa shape index (κ2) is 7.63. The van der Waals surface area contributed by atoms with Gasteiger partial charge >= 0.3 is 0 Å². The van der Waals surface area contributed by atoms with E-state index in [1.165, 1.54) is 5.56 Å². The number of ether oxygens (including phenoxy) is 1. The molecule has 1 saturated heterocycles. The summed E-state index contributed by atoms with van der Waals surface area (Å²) in [5, 5.41) is 0. The summed E-state index contributed by atoms with van der Waals surface area (Å²) < 4.78 is 5.90. The topological polar surface area (TPSA) is 15.7 Å². The van der Waals surface area contributed by atoms with Crippen molar-refractivity contribution in [2.75, 3.05) is 39.3 Å². The molecule has 1 aromatic rings. The van der Waals surface area contributed by atoms with Crippen LogP contribution in [0, 0.1) is 0 Å². The lowest BCUT2D eigenvalue weighted by molar-refractivity contribution is -0.0448. The molecular weight excluding hydrogens is 236 g/mol. The van der Waals surface area contributed by atoms with Crippen molar-refractivity contribution >= 4 is 0 Å². The lowest BCUT2D eigenvalue weighted by Gasteiger charge is -2.35. The van der Waals surface area contributed by atoms with E-state index in [-0.39, 0.29) is 0 Å². The predicted molar refractivity (Wildman–Crippen MR) is 79.2 cm³/mol. The van der Waals surface area contributed by atoms with Gasteiger partial charge in [0.15, 0.2) is 0 Å². The van der Waals surface area contributed by atoms with Gasteiger partial charge in [-0.2, -0.15) is 0 Å². The van der Waals surface area contributed by atoms with Gasteiger partial charge in [0.05, 0.1) is 12.7 Å². The molecular formula is C16H26N2O. The Kier molecular flexibility index (Phi) is 5.83. The van der Waals surface area contributed by atoms with Gasteiger partial charge in [-0.15, -0.1) is 0 Å². The standard InChI is InChI=1S/C16H26N2O/c1-3-17(4-2)13-16-14-18(10-11-19-16)12-15-8-6-5-7-9-15/h5-9,16H,3-4,10-14H2,1-2H3. The van der Waals surface area contributed by atoms with Gasteiger partial charge in [0.25, 0.3) is 0 Å². The molecule has 0 amide bonds. The van der Waals surface area contributed by atoms with E-state index in [2.05, 4.69) is 54.0 Å². The zero-order valence-electron chi connectivity index (χ0n) is 12.2. The third-order valence-corrected chi connectivity index (χ3v) is 3.83. The summed E-state index contributed by atoms with van der Waals surface area (Å²) in [4.78, 5) is 4.95. The SMILES string of the molecule is CCN(CC)CC1CN(Cc2ccccc2)CCO1. The molecule has 0 saturated carbocycles. The Bertz CT molecular complexity index is 351. The van der Waals surface area contributed by atoms with Crippen LogP contribution in [0.2, 0.25) is 0 Å². The van der Waals surface area contributed by atoms with Crippen molar-refractivity contribution in [3.8, 4) is 0 Å². The van der Waals surface area contributed by atoms with Crippen molar-refractivity contribution in [2.45, 2.75) is 26.5 Å². The maximum absolute atomic E-state index is 5.90. The van der Waals surface area contributed by atoms with Crippen LogP contribution in [0.15, 0.2) is 30.3 Å². The summed E-state index contributed by atoms with van der Waals surface area (Å²) in [5.41, 5.74) is 1.39. The van der Waals surface area contributed by atoms with E-state index in [0.29, 0.717) is 6.10 Å². The molecule has 19 heavy (non-hydrogen) atoms. The number of hydrogen-bond donors (Lipinski definition) is 0. The van der Waals surface area contributed by atoms with E-state index in [0.717, 1.165) is 45.9 Å². The Labute approximate surface area is 117 Å². The molecule has 1 aliphatic rings. The summed E-state index contributed by atoms with van der Waals surface area (Å²) >= 11 is 0. The van der Waals surface area contributed by atoms with Crippen LogP contribution < -0.4 is 0 Å². The fourth-order valence-electron chi connectivity index (χ4n) is 2.65. The largest absolute Gasteiger partial charge is 0.374 e. The zero-order chi connectivity index (χ0) is 13.5. The molecule has 0 radical (unpaired) electrons. The van der Waals surface area contributed by atoms with Crippen LogP contribution in [0.1, 0.15) is 19.4 Å². The average molecular weight is 262 g/mol. The molecule has 106 valence electrons. The number of benzene rings is 1. The number of morpholine rings is 1. The van der Waals surface area contributed by atoms with Crippen molar-refractivity contribution < 1.29 is 4.74 Å². The first-order chi connectivity index (χ1) is 9.31. The van der Waals surface area contributed by atoms with Crippen LogP contribution >= 0.6 is 0 Å². The minimum absolute atomic E-state index is 0.359. The Hall–Kier alpha value is -0.900. The Morgan fingerprint density at radius 2 is 1.95 bits per heavy atom. The number of likely N-dealkylation sites (N-methyl/N-ethyl adjacent to an activating group) is 1. The number of hydrogen-bond acceptors (Lipinski definition) is 3. The molecule has 1 unspecified atom stereocenters. The zero-order valence-corrected chi connectivity index (χ0v) is 12.2. The molecule has 2 rings (SSSR count). The summed E-state index contributed by atoms with van der Waals surface area (Å²) in [5.74, 6) is 0. The second-order valence-electron chi connectivity index (χ2n) is 5.20. The smallest absolute Gasteiger partial charge is 0.0829 e. The van der Waals surface area contributed by atoms with Gasteiger partial charge in [-0.05, 0) is 18.7 Å². The molecule has 0 aromatic heterocycles. The van der Waals surface area contributed by atoms with Crippen molar-refractivity contribution in [3.05, 3.63) is 35.9 Å². The first kappa shape index (κ1) is 14.5. The summed E-state index contributed by atoms with van der Waals surface area (Å²) in [6.07, 6.45) is 0.359.